The van der Waals surface area contributed by atoms with Crippen molar-refractivity contribution in [1.82, 2.24) is 14.4 Å². The predicted molar refractivity (Wildman–Crippen MR) is 92.9 cm³/mol. The zero-order valence-corrected chi connectivity index (χ0v) is 14.9. The summed E-state index contributed by atoms with van der Waals surface area (Å²) in [5.41, 5.74) is 2.28. The summed E-state index contributed by atoms with van der Waals surface area (Å²) in [5, 5.41) is 0. The second kappa shape index (κ2) is 6.16. The van der Waals surface area contributed by atoms with Crippen LogP contribution < -0.4 is 0 Å². The first-order valence-corrected chi connectivity index (χ1v) is 8.81. The standard InChI is InChI=1S/C19H21N3O4/c1-12-9-15(13(2)21(12)10-14-5-4-8-26-14)17(23)11-22-18(24)16-6-3-7-20(16)19(22)25/h4-5,8-9,16H,3,6-7,10-11H2,1-2H3/t16-/m0/s1. The molecule has 0 aromatic carbocycles. The zero-order valence-electron chi connectivity index (χ0n) is 14.9. The monoisotopic (exact) mass is 355 g/mol. The van der Waals surface area contributed by atoms with E-state index < -0.39 is 0 Å². The Bertz CT molecular complexity index is 859. The molecule has 2 fully saturated rings. The van der Waals surface area contributed by atoms with Crippen molar-refractivity contribution in [3.05, 3.63) is 47.2 Å². The van der Waals surface area contributed by atoms with Crippen LogP contribution in [0.3, 0.4) is 0 Å². The maximum Gasteiger partial charge on any atom is 0.327 e. The minimum Gasteiger partial charge on any atom is -0.467 e. The normalized spacial score (nSPS) is 19.5. The molecule has 0 bridgehead atoms. The van der Waals surface area contributed by atoms with Crippen LogP contribution in [0.2, 0.25) is 0 Å². The van der Waals surface area contributed by atoms with Gasteiger partial charge in [0.25, 0.3) is 5.91 Å². The van der Waals surface area contributed by atoms with Crippen molar-refractivity contribution in [2.75, 3.05) is 13.1 Å². The van der Waals surface area contributed by atoms with Gasteiger partial charge in [-0.3, -0.25) is 14.5 Å². The average molecular weight is 355 g/mol. The molecule has 2 saturated heterocycles. The van der Waals surface area contributed by atoms with Gasteiger partial charge in [-0.1, -0.05) is 0 Å². The van der Waals surface area contributed by atoms with Gasteiger partial charge < -0.3 is 13.9 Å². The summed E-state index contributed by atoms with van der Waals surface area (Å²) in [7, 11) is 0. The molecule has 4 rings (SSSR count). The molecule has 1 atom stereocenters. The third kappa shape index (κ3) is 2.55. The molecular weight excluding hydrogens is 334 g/mol. The summed E-state index contributed by atoms with van der Waals surface area (Å²) >= 11 is 0. The number of aryl methyl sites for hydroxylation is 1. The smallest absolute Gasteiger partial charge is 0.327 e. The van der Waals surface area contributed by atoms with Crippen molar-refractivity contribution >= 4 is 17.7 Å². The first kappa shape index (κ1) is 16.6. The molecule has 0 N–H and O–H groups in total. The van der Waals surface area contributed by atoms with Gasteiger partial charge in [-0.2, -0.15) is 0 Å². The van der Waals surface area contributed by atoms with Gasteiger partial charge in [0, 0.05) is 23.5 Å². The van der Waals surface area contributed by atoms with Crippen LogP contribution in [0.5, 0.6) is 0 Å². The Kier molecular flexibility index (Phi) is 3.94. The van der Waals surface area contributed by atoms with E-state index in [-0.39, 0.29) is 30.3 Å². The van der Waals surface area contributed by atoms with Gasteiger partial charge in [0.1, 0.15) is 11.8 Å². The van der Waals surface area contributed by atoms with Crippen LogP contribution in [0.15, 0.2) is 28.9 Å². The molecular formula is C19H21N3O4. The number of rotatable bonds is 5. The highest BCUT2D eigenvalue weighted by Gasteiger charge is 2.47. The van der Waals surface area contributed by atoms with Crippen molar-refractivity contribution in [2.45, 2.75) is 39.3 Å². The largest absolute Gasteiger partial charge is 0.467 e. The molecule has 0 saturated carbocycles. The van der Waals surface area contributed by atoms with Crippen LogP contribution in [-0.4, -0.2) is 51.2 Å². The summed E-state index contributed by atoms with van der Waals surface area (Å²) in [6.45, 7) is 4.73. The number of ketones is 1. The number of Topliss-reactive ketones (excluding diaryl/α,β-unsaturated/α-hetero) is 1. The van der Waals surface area contributed by atoms with Crippen LogP contribution in [0.1, 0.15) is 40.3 Å². The van der Waals surface area contributed by atoms with E-state index in [4.69, 9.17) is 4.42 Å². The van der Waals surface area contributed by atoms with Crippen LogP contribution in [-0.2, 0) is 11.3 Å². The van der Waals surface area contributed by atoms with Crippen LogP contribution in [0.4, 0.5) is 4.79 Å². The van der Waals surface area contributed by atoms with Gasteiger partial charge in [0.15, 0.2) is 5.78 Å². The maximum atomic E-state index is 12.8. The van der Waals surface area contributed by atoms with Gasteiger partial charge in [0.2, 0.25) is 0 Å². The second-order valence-electron chi connectivity index (χ2n) is 6.93. The molecule has 2 aliphatic rings. The fourth-order valence-electron chi connectivity index (χ4n) is 3.94. The highest BCUT2D eigenvalue weighted by atomic mass is 16.3. The highest BCUT2D eigenvalue weighted by molar-refractivity contribution is 6.09. The lowest BCUT2D eigenvalue weighted by molar-refractivity contribution is -0.127. The van der Waals surface area contributed by atoms with Crippen LogP contribution >= 0.6 is 0 Å². The Balaban J connectivity index is 1.54. The van der Waals surface area contributed by atoms with Crippen molar-refractivity contribution in [1.29, 1.82) is 0 Å². The summed E-state index contributed by atoms with van der Waals surface area (Å²) < 4.78 is 7.38. The summed E-state index contributed by atoms with van der Waals surface area (Å²) in [5.74, 6) is 0.341. The molecule has 4 heterocycles. The van der Waals surface area contributed by atoms with E-state index in [1.807, 2.05) is 36.6 Å². The Morgan fingerprint density at radius 1 is 1.31 bits per heavy atom. The fraction of sp³-hybridized carbons (Fsp3) is 0.421. The van der Waals surface area contributed by atoms with Crippen molar-refractivity contribution in [3.63, 3.8) is 0 Å². The molecule has 2 aliphatic heterocycles. The first-order chi connectivity index (χ1) is 12.5. The van der Waals surface area contributed by atoms with Gasteiger partial charge >= 0.3 is 6.03 Å². The van der Waals surface area contributed by atoms with E-state index in [0.717, 1.165) is 28.5 Å². The fourth-order valence-corrected chi connectivity index (χ4v) is 3.94. The number of amides is 3. The lowest BCUT2D eigenvalue weighted by Gasteiger charge is -2.14. The van der Waals surface area contributed by atoms with E-state index in [1.165, 1.54) is 0 Å². The Labute approximate surface area is 151 Å². The predicted octanol–water partition coefficient (Wildman–Crippen LogP) is 2.36. The van der Waals surface area contributed by atoms with E-state index in [9.17, 15) is 14.4 Å². The number of furan rings is 1. The SMILES string of the molecule is Cc1cc(C(=O)CN2C(=O)[C@@H]3CCCN3C2=O)c(C)n1Cc1ccco1. The number of imide groups is 1. The highest BCUT2D eigenvalue weighted by Crippen LogP contribution is 2.28. The molecule has 3 amide bonds. The number of carbonyl (C=O) groups is 3. The number of urea groups is 1. The lowest BCUT2D eigenvalue weighted by Crippen LogP contribution is -2.37. The van der Waals surface area contributed by atoms with E-state index in [2.05, 4.69) is 0 Å². The van der Waals surface area contributed by atoms with Gasteiger partial charge in [-0.25, -0.2) is 4.79 Å². The minimum atomic E-state index is -0.373. The molecule has 0 radical (unpaired) electrons. The molecule has 7 heteroatoms. The van der Waals surface area contributed by atoms with E-state index >= 15 is 0 Å². The zero-order chi connectivity index (χ0) is 18.4. The number of carbonyl (C=O) groups excluding carboxylic acids is 3. The van der Waals surface area contributed by atoms with Crippen LogP contribution in [0.25, 0.3) is 0 Å². The van der Waals surface area contributed by atoms with Gasteiger partial charge in [-0.05, 0) is 44.9 Å². The third-order valence-corrected chi connectivity index (χ3v) is 5.35. The molecule has 0 aliphatic carbocycles. The molecule has 2 aromatic heterocycles. The quantitative estimate of drug-likeness (QED) is 0.609. The average Bonchev–Trinajstić information content (AvgIpc) is 3.37. The van der Waals surface area contributed by atoms with Crippen LogP contribution in [0, 0.1) is 13.8 Å². The topological polar surface area (TPSA) is 75.8 Å². The summed E-state index contributed by atoms with van der Waals surface area (Å²) in [6.07, 6.45) is 3.15. The Morgan fingerprint density at radius 2 is 2.12 bits per heavy atom. The Morgan fingerprint density at radius 3 is 2.81 bits per heavy atom. The van der Waals surface area contributed by atoms with Crippen molar-refractivity contribution in [3.8, 4) is 0 Å². The Hall–Kier alpha value is -2.83. The molecule has 7 nitrogen and oxygen atoms in total. The molecule has 136 valence electrons. The van der Waals surface area contributed by atoms with E-state index in [0.29, 0.717) is 25.1 Å². The molecule has 2 aromatic rings. The molecule has 0 unspecified atom stereocenters. The maximum absolute atomic E-state index is 12.8. The third-order valence-electron chi connectivity index (χ3n) is 5.35. The van der Waals surface area contributed by atoms with Crippen molar-refractivity contribution in [2.24, 2.45) is 0 Å². The van der Waals surface area contributed by atoms with Gasteiger partial charge in [0.05, 0.1) is 19.4 Å². The molecule has 26 heavy (non-hydrogen) atoms. The summed E-state index contributed by atoms with van der Waals surface area (Å²) in [4.78, 5) is 40.3. The van der Waals surface area contributed by atoms with E-state index in [1.54, 1.807) is 11.2 Å². The first-order valence-electron chi connectivity index (χ1n) is 8.81. The number of hydrogen-bond donors (Lipinski definition) is 0. The lowest BCUT2D eigenvalue weighted by atomic mass is 10.1. The van der Waals surface area contributed by atoms with Gasteiger partial charge in [-0.15, -0.1) is 0 Å². The number of hydrogen-bond acceptors (Lipinski definition) is 4. The second-order valence-corrected chi connectivity index (χ2v) is 6.93. The van der Waals surface area contributed by atoms with Crippen molar-refractivity contribution < 1.29 is 18.8 Å². The number of nitrogens with zero attached hydrogens (tertiary/aromatic N) is 3. The number of aromatic nitrogens is 1. The summed E-state index contributed by atoms with van der Waals surface area (Å²) in [6, 6.07) is 4.81. The number of fused-ring (bicyclic) bond motifs is 1. The minimum absolute atomic E-state index is 0.199. The molecule has 0 spiro atoms.